The molecule has 0 fully saturated rings. The summed E-state index contributed by atoms with van der Waals surface area (Å²) in [5, 5.41) is 0.333. The van der Waals surface area contributed by atoms with Crippen molar-refractivity contribution in [3.8, 4) is 0 Å². The molecule has 26 heavy (non-hydrogen) atoms. The minimum absolute atomic E-state index is 0.0290. The first-order chi connectivity index (χ1) is 12.1. The van der Waals surface area contributed by atoms with Gasteiger partial charge in [0.05, 0.1) is 10.6 Å². The average Bonchev–Trinajstić information content (AvgIpc) is 2.99. The molecule has 7 nitrogen and oxygen atoms in total. The van der Waals surface area contributed by atoms with Crippen molar-refractivity contribution in [2.24, 2.45) is 0 Å². The quantitative estimate of drug-likeness (QED) is 0.503. The third-order valence-corrected chi connectivity index (χ3v) is 6.26. The normalized spacial score (nSPS) is 11.9. The van der Waals surface area contributed by atoms with Gasteiger partial charge < -0.3 is 9.32 Å². The van der Waals surface area contributed by atoms with Crippen molar-refractivity contribution in [2.45, 2.75) is 24.0 Å². The lowest BCUT2D eigenvalue weighted by Gasteiger charge is -2.20. The number of hydrogen-bond acceptors (Lipinski definition) is 6. The molecule has 0 atom stereocenters. The second kappa shape index (κ2) is 8.24. The van der Waals surface area contributed by atoms with Gasteiger partial charge in [-0.25, -0.2) is 17.7 Å². The summed E-state index contributed by atoms with van der Waals surface area (Å²) in [6, 6.07) is 4.53. The number of thioether (sulfide) groups is 1. The van der Waals surface area contributed by atoms with Crippen LogP contribution in [0.1, 0.15) is 13.8 Å². The third-order valence-electron chi connectivity index (χ3n) is 3.63. The Kier molecular flexibility index (Phi) is 6.48. The fourth-order valence-corrected chi connectivity index (χ4v) is 3.90. The molecule has 0 bridgehead atoms. The van der Waals surface area contributed by atoms with Gasteiger partial charge in [-0.1, -0.05) is 23.9 Å². The van der Waals surface area contributed by atoms with E-state index >= 15 is 0 Å². The van der Waals surface area contributed by atoms with Crippen molar-refractivity contribution in [3.05, 3.63) is 30.4 Å². The fourth-order valence-electron chi connectivity index (χ4n) is 2.24. The Morgan fingerprint density at radius 2 is 2.04 bits per heavy atom. The number of hydrogen-bond donors (Lipinski definition) is 0. The first-order valence-electron chi connectivity index (χ1n) is 8.03. The summed E-state index contributed by atoms with van der Waals surface area (Å²) in [5.41, 5.74) is 1.84. The topological polar surface area (TPSA) is 83.7 Å². The van der Waals surface area contributed by atoms with Crippen LogP contribution in [0.15, 0.2) is 44.9 Å². The number of amides is 1. The molecule has 0 N–H and O–H groups in total. The predicted molar refractivity (Wildman–Crippen MR) is 103 cm³/mol. The lowest BCUT2D eigenvalue weighted by molar-refractivity contribution is -0.127. The minimum Gasteiger partial charge on any atom is -0.431 e. The molecule has 0 spiro atoms. The fraction of sp³-hybridized carbons (Fsp3) is 0.412. The summed E-state index contributed by atoms with van der Waals surface area (Å²) in [5.74, 6) is 0.162. The maximum atomic E-state index is 12.3. The molecule has 0 saturated carbocycles. The molecule has 2 rings (SSSR count). The number of nitrogens with zero attached hydrogens (tertiary/aromatic N) is 3. The minimum atomic E-state index is -3.54. The summed E-state index contributed by atoms with van der Waals surface area (Å²) in [6.45, 7) is 8.75. The summed E-state index contributed by atoms with van der Waals surface area (Å²) in [6.07, 6.45) is 0. The smallest absolute Gasteiger partial charge is 0.257 e. The monoisotopic (exact) mass is 397 g/mol. The van der Waals surface area contributed by atoms with Gasteiger partial charge in [0.1, 0.15) is 5.52 Å². The van der Waals surface area contributed by atoms with E-state index in [1.165, 1.54) is 38.0 Å². The van der Waals surface area contributed by atoms with Crippen LogP contribution in [0, 0.1) is 0 Å². The molecule has 0 radical (unpaired) electrons. The zero-order valence-electron chi connectivity index (χ0n) is 15.4. The van der Waals surface area contributed by atoms with Gasteiger partial charge in [0, 0.05) is 27.2 Å². The number of fused-ring (bicyclic) bond motifs is 1. The van der Waals surface area contributed by atoms with Crippen LogP contribution in [-0.2, 0) is 14.8 Å². The molecule has 0 aliphatic rings. The summed E-state index contributed by atoms with van der Waals surface area (Å²) in [7, 11) is -0.591. The van der Waals surface area contributed by atoms with E-state index in [9.17, 15) is 13.2 Å². The molecule has 9 heteroatoms. The van der Waals surface area contributed by atoms with E-state index in [1.54, 1.807) is 11.0 Å². The van der Waals surface area contributed by atoms with Crippen LogP contribution >= 0.6 is 11.8 Å². The van der Waals surface area contributed by atoms with E-state index in [4.69, 9.17) is 4.42 Å². The predicted octanol–water partition coefficient (Wildman–Crippen LogP) is 2.59. The van der Waals surface area contributed by atoms with Gasteiger partial charge in [-0.15, -0.1) is 0 Å². The van der Waals surface area contributed by atoms with Gasteiger partial charge in [-0.3, -0.25) is 4.79 Å². The van der Waals surface area contributed by atoms with Crippen LogP contribution in [0.5, 0.6) is 0 Å². The highest BCUT2D eigenvalue weighted by Crippen LogP contribution is 2.26. The third kappa shape index (κ3) is 4.66. The Morgan fingerprint density at radius 3 is 2.62 bits per heavy atom. The Bertz CT molecular complexity index is 919. The first kappa shape index (κ1) is 20.5. The van der Waals surface area contributed by atoms with Gasteiger partial charge in [-0.2, -0.15) is 0 Å². The number of aromatic nitrogens is 1. The highest BCUT2D eigenvalue weighted by molar-refractivity contribution is 7.99. The maximum Gasteiger partial charge on any atom is 0.257 e. The number of benzene rings is 1. The second-order valence-electron chi connectivity index (χ2n) is 6.05. The van der Waals surface area contributed by atoms with Gasteiger partial charge in [0.25, 0.3) is 5.22 Å². The zero-order valence-corrected chi connectivity index (χ0v) is 17.0. The Balaban J connectivity index is 2.14. The molecular formula is C17H23N3O4S2. The largest absolute Gasteiger partial charge is 0.431 e. The van der Waals surface area contributed by atoms with E-state index in [0.29, 0.717) is 29.4 Å². The molecule has 1 aromatic carbocycles. The number of likely N-dealkylation sites (N-methyl/N-ethyl adjacent to an activating group) is 1. The molecule has 0 unspecified atom stereocenters. The van der Waals surface area contributed by atoms with Crippen LogP contribution in [0.25, 0.3) is 11.1 Å². The number of oxazole rings is 1. The van der Waals surface area contributed by atoms with E-state index < -0.39 is 10.0 Å². The number of sulfonamides is 1. The molecule has 0 aliphatic heterocycles. The van der Waals surface area contributed by atoms with Crippen molar-refractivity contribution < 1.29 is 17.6 Å². The van der Waals surface area contributed by atoms with Crippen LogP contribution in [0.4, 0.5) is 0 Å². The summed E-state index contributed by atoms with van der Waals surface area (Å²) < 4.78 is 31.1. The van der Waals surface area contributed by atoms with Crippen LogP contribution in [0.2, 0.25) is 0 Å². The SMILES string of the molecule is C=C(C)CN(CC)C(=O)CSc1nc2cc(S(=O)(=O)N(C)C)ccc2o1. The molecule has 0 aliphatic carbocycles. The zero-order chi connectivity index (χ0) is 19.5. The van der Waals surface area contributed by atoms with Crippen molar-refractivity contribution in [1.82, 2.24) is 14.2 Å². The molecule has 2 aromatic rings. The highest BCUT2D eigenvalue weighted by Gasteiger charge is 2.19. The van der Waals surface area contributed by atoms with E-state index in [-0.39, 0.29) is 16.6 Å². The molecule has 1 heterocycles. The maximum absolute atomic E-state index is 12.3. The highest BCUT2D eigenvalue weighted by atomic mass is 32.2. The molecule has 1 amide bonds. The lowest BCUT2D eigenvalue weighted by Crippen LogP contribution is -2.33. The Hall–Kier alpha value is -1.84. The first-order valence-corrected chi connectivity index (χ1v) is 10.5. The number of carbonyl (C=O) groups is 1. The number of rotatable bonds is 8. The van der Waals surface area contributed by atoms with Crippen molar-refractivity contribution in [3.63, 3.8) is 0 Å². The van der Waals surface area contributed by atoms with Crippen molar-refractivity contribution >= 4 is 38.8 Å². The Labute approximate surface area is 158 Å². The van der Waals surface area contributed by atoms with Crippen molar-refractivity contribution in [2.75, 3.05) is 32.9 Å². The van der Waals surface area contributed by atoms with Gasteiger partial charge in [0.2, 0.25) is 15.9 Å². The van der Waals surface area contributed by atoms with E-state index in [1.807, 2.05) is 13.8 Å². The van der Waals surface area contributed by atoms with Crippen LogP contribution in [-0.4, -0.2) is 61.5 Å². The van der Waals surface area contributed by atoms with E-state index in [2.05, 4.69) is 11.6 Å². The molecule has 1 aromatic heterocycles. The summed E-state index contributed by atoms with van der Waals surface area (Å²) in [4.78, 5) is 18.4. The second-order valence-corrected chi connectivity index (χ2v) is 9.13. The Morgan fingerprint density at radius 1 is 1.35 bits per heavy atom. The molecule has 0 saturated heterocycles. The van der Waals surface area contributed by atoms with Crippen LogP contribution < -0.4 is 0 Å². The lowest BCUT2D eigenvalue weighted by atomic mass is 10.3. The number of carbonyl (C=O) groups excluding carboxylic acids is 1. The molecule has 142 valence electrons. The van der Waals surface area contributed by atoms with Gasteiger partial charge in [0.15, 0.2) is 5.58 Å². The van der Waals surface area contributed by atoms with Crippen LogP contribution in [0.3, 0.4) is 0 Å². The average molecular weight is 398 g/mol. The molecular weight excluding hydrogens is 374 g/mol. The van der Waals surface area contributed by atoms with E-state index in [0.717, 1.165) is 9.88 Å². The van der Waals surface area contributed by atoms with Gasteiger partial charge in [-0.05, 0) is 32.0 Å². The standard InChI is InChI=1S/C17H23N3O4S2/c1-6-20(10-12(2)3)16(21)11-25-17-18-14-9-13(7-8-15(14)24-17)26(22,23)19(4)5/h7-9H,2,6,10-11H2,1,3-5H3. The van der Waals surface area contributed by atoms with Gasteiger partial charge >= 0.3 is 0 Å². The van der Waals surface area contributed by atoms with Crippen molar-refractivity contribution in [1.29, 1.82) is 0 Å². The summed E-state index contributed by atoms with van der Waals surface area (Å²) >= 11 is 1.19.